The molecule has 0 radical (unpaired) electrons. The van der Waals surface area contributed by atoms with Crippen molar-refractivity contribution in [2.75, 3.05) is 5.32 Å². The van der Waals surface area contributed by atoms with Gasteiger partial charge in [-0.25, -0.2) is 14.2 Å². The van der Waals surface area contributed by atoms with Gasteiger partial charge in [0, 0.05) is 16.6 Å². The Balaban J connectivity index is 1.52. The molecule has 0 bridgehead atoms. The van der Waals surface area contributed by atoms with Gasteiger partial charge in [-0.3, -0.25) is 14.2 Å². The molecular formula is C24H20FN3O4S. The van der Waals surface area contributed by atoms with Crippen LogP contribution in [0.25, 0.3) is 21.3 Å². The van der Waals surface area contributed by atoms with E-state index in [1.165, 1.54) is 34.4 Å². The minimum Gasteiger partial charge on any atom is -0.459 e. The third-order valence-electron chi connectivity index (χ3n) is 4.78. The predicted octanol–water partition coefficient (Wildman–Crippen LogP) is 4.47. The first kappa shape index (κ1) is 22.3. The quantitative estimate of drug-likeness (QED) is 0.425. The average molecular weight is 466 g/mol. The lowest BCUT2D eigenvalue weighted by Crippen LogP contribution is -2.27. The number of esters is 1. The van der Waals surface area contributed by atoms with Crippen molar-refractivity contribution >= 4 is 39.1 Å². The molecule has 0 saturated carbocycles. The maximum absolute atomic E-state index is 13.3. The number of hydrogen-bond acceptors (Lipinski definition) is 6. The minimum absolute atomic E-state index is 0.229. The highest BCUT2D eigenvalue weighted by atomic mass is 32.1. The molecule has 7 nitrogen and oxygen atoms in total. The molecule has 2 heterocycles. The molecule has 0 unspecified atom stereocenters. The Labute approximate surface area is 192 Å². The molecule has 33 heavy (non-hydrogen) atoms. The van der Waals surface area contributed by atoms with Gasteiger partial charge in [0.1, 0.15) is 17.2 Å². The van der Waals surface area contributed by atoms with Crippen molar-refractivity contribution in [3.05, 3.63) is 82.0 Å². The second-order valence-corrected chi connectivity index (χ2v) is 8.45. The second kappa shape index (κ2) is 9.33. The standard InChI is InChI=1S/C24H20FN3O4S/c1-14(2)32-24(31)16-5-9-18(10-6-16)27-20(29)11-28-13-26-22-21(23(28)30)19(12-33-22)15-3-7-17(25)8-4-15/h3-10,12-14H,11H2,1-2H3,(H,27,29). The second-order valence-electron chi connectivity index (χ2n) is 7.59. The Kier molecular flexibility index (Phi) is 6.32. The zero-order chi connectivity index (χ0) is 23.5. The number of rotatable bonds is 6. The van der Waals surface area contributed by atoms with Crippen LogP contribution in [0.3, 0.4) is 0 Å². The molecule has 0 aliphatic carbocycles. The fourth-order valence-electron chi connectivity index (χ4n) is 3.25. The minimum atomic E-state index is -0.443. The largest absolute Gasteiger partial charge is 0.459 e. The van der Waals surface area contributed by atoms with Crippen molar-refractivity contribution in [1.82, 2.24) is 9.55 Å². The van der Waals surface area contributed by atoms with Crippen molar-refractivity contribution in [2.45, 2.75) is 26.5 Å². The molecule has 1 N–H and O–H groups in total. The lowest BCUT2D eigenvalue weighted by Gasteiger charge is -2.10. The van der Waals surface area contributed by atoms with Gasteiger partial charge in [-0.05, 0) is 55.8 Å². The summed E-state index contributed by atoms with van der Waals surface area (Å²) in [6, 6.07) is 12.1. The van der Waals surface area contributed by atoms with E-state index in [0.717, 1.165) is 0 Å². The topological polar surface area (TPSA) is 90.3 Å². The predicted molar refractivity (Wildman–Crippen MR) is 125 cm³/mol. The summed E-state index contributed by atoms with van der Waals surface area (Å²) in [7, 11) is 0. The fourth-order valence-corrected chi connectivity index (χ4v) is 4.16. The molecule has 9 heteroatoms. The average Bonchev–Trinajstić information content (AvgIpc) is 3.21. The van der Waals surface area contributed by atoms with Crippen LogP contribution in [-0.2, 0) is 16.1 Å². The Morgan fingerprint density at radius 2 is 1.82 bits per heavy atom. The van der Waals surface area contributed by atoms with Crippen molar-refractivity contribution in [3.63, 3.8) is 0 Å². The number of halogens is 1. The van der Waals surface area contributed by atoms with Gasteiger partial charge in [-0.15, -0.1) is 11.3 Å². The molecule has 0 atom stereocenters. The lowest BCUT2D eigenvalue weighted by atomic mass is 10.1. The van der Waals surface area contributed by atoms with Gasteiger partial charge in [0.05, 0.1) is 23.4 Å². The van der Waals surface area contributed by atoms with Gasteiger partial charge in [-0.1, -0.05) is 12.1 Å². The third kappa shape index (κ3) is 4.98. The van der Waals surface area contributed by atoms with E-state index in [1.807, 2.05) is 0 Å². The lowest BCUT2D eigenvalue weighted by molar-refractivity contribution is -0.116. The fraction of sp³-hybridized carbons (Fsp3) is 0.167. The number of benzene rings is 2. The van der Waals surface area contributed by atoms with Crippen LogP contribution in [0.2, 0.25) is 0 Å². The van der Waals surface area contributed by atoms with Crippen LogP contribution in [0.1, 0.15) is 24.2 Å². The van der Waals surface area contributed by atoms with Gasteiger partial charge in [0.25, 0.3) is 5.56 Å². The van der Waals surface area contributed by atoms with E-state index in [1.54, 1.807) is 55.6 Å². The van der Waals surface area contributed by atoms with Crippen molar-refractivity contribution in [1.29, 1.82) is 0 Å². The number of nitrogens with zero attached hydrogens (tertiary/aromatic N) is 2. The zero-order valence-electron chi connectivity index (χ0n) is 17.9. The Hall–Kier alpha value is -3.85. The van der Waals surface area contributed by atoms with Crippen molar-refractivity contribution in [2.24, 2.45) is 0 Å². The Morgan fingerprint density at radius 1 is 1.12 bits per heavy atom. The molecule has 0 aliphatic rings. The zero-order valence-corrected chi connectivity index (χ0v) is 18.7. The molecule has 0 aliphatic heterocycles. The summed E-state index contributed by atoms with van der Waals surface area (Å²) in [5.74, 6) is -1.23. The molecule has 1 amide bonds. The number of fused-ring (bicyclic) bond motifs is 1. The van der Waals surface area contributed by atoms with E-state index < -0.39 is 11.9 Å². The first-order valence-corrected chi connectivity index (χ1v) is 11.0. The third-order valence-corrected chi connectivity index (χ3v) is 5.66. The van der Waals surface area contributed by atoms with Crippen LogP contribution in [0.15, 0.2) is 65.0 Å². The Bertz CT molecular complexity index is 1380. The summed E-state index contributed by atoms with van der Waals surface area (Å²) in [6.45, 7) is 3.29. The smallest absolute Gasteiger partial charge is 0.338 e. The number of anilines is 1. The summed E-state index contributed by atoms with van der Waals surface area (Å²) in [5.41, 5.74) is 1.83. The highest BCUT2D eigenvalue weighted by Gasteiger charge is 2.15. The molecule has 2 aromatic carbocycles. The van der Waals surface area contributed by atoms with E-state index in [0.29, 0.717) is 32.6 Å². The molecule has 0 saturated heterocycles. The summed E-state index contributed by atoms with van der Waals surface area (Å²) in [5, 5.41) is 4.88. The monoisotopic (exact) mass is 465 g/mol. The number of aromatic nitrogens is 2. The van der Waals surface area contributed by atoms with Crippen molar-refractivity contribution in [3.8, 4) is 11.1 Å². The number of carbonyl (C=O) groups is 2. The molecule has 168 valence electrons. The van der Waals surface area contributed by atoms with Gasteiger partial charge in [-0.2, -0.15) is 0 Å². The number of carbonyl (C=O) groups excluding carboxylic acids is 2. The summed E-state index contributed by atoms with van der Waals surface area (Å²) in [4.78, 5) is 42.4. The van der Waals surface area contributed by atoms with E-state index >= 15 is 0 Å². The number of ether oxygens (including phenoxy) is 1. The van der Waals surface area contributed by atoms with Crippen molar-refractivity contribution < 1.29 is 18.7 Å². The summed E-state index contributed by atoms with van der Waals surface area (Å²) >= 11 is 1.31. The molecule has 4 aromatic rings. The van der Waals surface area contributed by atoms with E-state index in [4.69, 9.17) is 4.74 Å². The number of hydrogen-bond donors (Lipinski definition) is 1. The summed E-state index contributed by atoms with van der Waals surface area (Å²) in [6.07, 6.45) is 1.10. The van der Waals surface area contributed by atoms with Crippen LogP contribution in [-0.4, -0.2) is 27.5 Å². The maximum atomic E-state index is 13.3. The highest BCUT2D eigenvalue weighted by molar-refractivity contribution is 7.17. The maximum Gasteiger partial charge on any atom is 0.338 e. The molecule has 0 fully saturated rings. The van der Waals surface area contributed by atoms with Crippen LogP contribution in [0.4, 0.5) is 10.1 Å². The van der Waals surface area contributed by atoms with Gasteiger partial charge in [0.15, 0.2) is 0 Å². The van der Waals surface area contributed by atoms with Gasteiger partial charge < -0.3 is 10.1 Å². The first-order chi connectivity index (χ1) is 15.8. The van der Waals surface area contributed by atoms with Gasteiger partial charge in [0.2, 0.25) is 5.91 Å². The SMILES string of the molecule is CC(C)OC(=O)c1ccc(NC(=O)Cn2cnc3scc(-c4ccc(F)cc4)c3c2=O)cc1. The molecular weight excluding hydrogens is 445 g/mol. The van der Waals surface area contributed by atoms with Crippen LogP contribution >= 0.6 is 11.3 Å². The number of amides is 1. The summed E-state index contributed by atoms with van der Waals surface area (Å²) < 4.78 is 19.6. The molecule has 4 rings (SSSR count). The number of thiophene rings is 1. The Morgan fingerprint density at radius 3 is 2.48 bits per heavy atom. The van der Waals surface area contributed by atoms with Crippen LogP contribution < -0.4 is 10.9 Å². The van der Waals surface area contributed by atoms with E-state index in [9.17, 15) is 18.8 Å². The van der Waals surface area contributed by atoms with Crippen LogP contribution in [0.5, 0.6) is 0 Å². The van der Waals surface area contributed by atoms with Gasteiger partial charge >= 0.3 is 5.97 Å². The van der Waals surface area contributed by atoms with Crippen LogP contribution in [0, 0.1) is 5.82 Å². The normalized spacial score (nSPS) is 11.0. The first-order valence-electron chi connectivity index (χ1n) is 10.2. The number of nitrogens with one attached hydrogen (secondary N) is 1. The van der Waals surface area contributed by atoms with E-state index in [2.05, 4.69) is 10.3 Å². The highest BCUT2D eigenvalue weighted by Crippen LogP contribution is 2.30. The molecule has 2 aromatic heterocycles. The molecule has 0 spiro atoms. The van der Waals surface area contributed by atoms with E-state index in [-0.39, 0.29) is 24.0 Å².